The Hall–Kier alpha value is -1.40. The number of benzene rings is 1. The van der Waals surface area contributed by atoms with Crippen molar-refractivity contribution in [3.63, 3.8) is 0 Å². The van der Waals surface area contributed by atoms with Gasteiger partial charge in [0.1, 0.15) is 6.54 Å². The topological polar surface area (TPSA) is 72.5 Å². The largest absolute Gasteiger partial charge is 0.462 e. The van der Waals surface area contributed by atoms with Gasteiger partial charge < -0.3 is 4.74 Å². The highest BCUT2D eigenvalue weighted by Gasteiger charge is 2.24. The Morgan fingerprint density at radius 2 is 1.36 bits per heavy atom. The summed E-state index contributed by atoms with van der Waals surface area (Å²) in [6, 6.07) is 0. The Labute approximate surface area is 133 Å². The first-order valence-electron chi connectivity index (χ1n) is 7.25. The minimum atomic E-state index is -3.77. The number of carbonyl (C=O) groups is 1. The van der Waals surface area contributed by atoms with Crippen molar-refractivity contribution in [2.75, 3.05) is 6.54 Å². The first-order valence-corrected chi connectivity index (χ1v) is 8.73. The van der Waals surface area contributed by atoms with Gasteiger partial charge in [-0.3, -0.25) is 4.79 Å². The fourth-order valence-electron chi connectivity index (χ4n) is 2.40. The molecule has 1 N–H and O–H groups in total. The standard InChI is InChI=1S/C16H25NO4S/c1-9(2)21-15(18)8-17-22(19,20)16-13(6)11(4)10(3)12(5)14(16)7/h9,17H,8H2,1-7H3. The van der Waals surface area contributed by atoms with Crippen LogP contribution in [0.4, 0.5) is 0 Å². The van der Waals surface area contributed by atoms with Crippen LogP contribution >= 0.6 is 0 Å². The van der Waals surface area contributed by atoms with E-state index in [0.717, 1.165) is 16.7 Å². The number of hydrogen-bond donors (Lipinski definition) is 1. The molecule has 0 amide bonds. The highest BCUT2D eigenvalue weighted by Crippen LogP contribution is 2.29. The molecule has 0 heterocycles. The van der Waals surface area contributed by atoms with Crippen LogP contribution in [0.5, 0.6) is 0 Å². The lowest BCUT2D eigenvalue weighted by molar-refractivity contribution is -0.145. The third-order valence-corrected chi connectivity index (χ3v) is 5.65. The summed E-state index contributed by atoms with van der Waals surface area (Å²) in [5.41, 5.74) is 4.42. The molecule has 1 aromatic carbocycles. The minimum absolute atomic E-state index is 0.255. The Kier molecular flexibility index (Phi) is 5.76. The van der Waals surface area contributed by atoms with E-state index in [0.29, 0.717) is 11.1 Å². The van der Waals surface area contributed by atoms with Crippen molar-refractivity contribution in [2.45, 2.75) is 59.5 Å². The molecule has 6 heteroatoms. The first-order chi connectivity index (χ1) is 9.99. The molecule has 0 aliphatic rings. The van der Waals surface area contributed by atoms with Crippen molar-refractivity contribution in [1.29, 1.82) is 0 Å². The number of esters is 1. The Morgan fingerprint density at radius 3 is 1.77 bits per heavy atom. The van der Waals surface area contributed by atoms with Crippen LogP contribution in [0, 0.1) is 34.6 Å². The van der Waals surface area contributed by atoms with Crippen LogP contribution in [0.2, 0.25) is 0 Å². The fraction of sp³-hybridized carbons (Fsp3) is 0.562. The molecule has 0 radical (unpaired) electrons. The number of carbonyl (C=O) groups excluding carboxylic acids is 1. The summed E-state index contributed by atoms with van der Waals surface area (Å²) >= 11 is 0. The third kappa shape index (κ3) is 3.87. The van der Waals surface area contributed by atoms with Gasteiger partial charge in [-0.1, -0.05) is 0 Å². The quantitative estimate of drug-likeness (QED) is 0.843. The maximum absolute atomic E-state index is 12.6. The van der Waals surface area contributed by atoms with E-state index in [2.05, 4.69) is 4.72 Å². The summed E-state index contributed by atoms with van der Waals surface area (Å²) < 4.78 is 32.4. The zero-order chi connectivity index (χ0) is 17.2. The summed E-state index contributed by atoms with van der Waals surface area (Å²) in [7, 11) is -3.77. The lowest BCUT2D eigenvalue weighted by Crippen LogP contribution is -2.33. The highest BCUT2D eigenvalue weighted by molar-refractivity contribution is 7.89. The molecule has 0 unspecified atom stereocenters. The van der Waals surface area contributed by atoms with Gasteiger partial charge >= 0.3 is 5.97 Å². The molecule has 0 aliphatic heterocycles. The fourth-order valence-corrected chi connectivity index (χ4v) is 3.96. The zero-order valence-electron chi connectivity index (χ0n) is 14.3. The van der Waals surface area contributed by atoms with Crippen LogP contribution in [-0.2, 0) is 19.6 Å². The Morgan fingerprint density at radius 1 is 0.955 bits per heavy atom. The van der Waals surface area contributed by atoms with E-state index in [9.17, 15) is 13.2 Å². The van der Waals surface area contributed by atoms with Gasteiger partial charge in [0.05, 0.1) is 11.0 Å². The zero-order valence-corrected chi connectivity index (χ0v) is 15.1. The van der Waals surface area contributed by atoms with Gasteiger partial charge in [0.25, 0.3) is 0 Å². The second kappa shape index (κ2) is 6.79. The summed E-state index contributed by atoms with van der Waals surface area (Å²) in [4.78, 5) is 11.8. The smallest absolute Gasteiger partial charge is 0.321 e. The average Bonchev–Trinajstić information content (AvgIpc) is 2.40. The molecule has 0 saturated carbocycles. The molecule has 0 fully saturated rings. The molecule has 0 bridgehead atoms. The van der Waals surface area contributed by atoms with Crippen molar-refractivity contribution in [3.05, 3.63) is 27.8 Å². The third-order valence-electron chi connectivity index (χ3n) is 3.97. The van der Waals surface area contributed by atoms with Crippen molar-refractivity contribution in [2.24, 2.45) is 0 Å². The lowest BCUT2D eigenvalue weighted by atomic mass is 9.95. The van der Waals surface area contributed by atoms with E-state index in [1.54, 1.807) is 27.7 Å². The number of nitrogens with one attached hydrogen (secondary N) is 1. The predicted octanol–water partition coefficient (Wildman–Crippen LogP) is 2.46. The van der Waals surface area contributed by atoms with E-state index in [4.69, 9.17) is 4.74 Å². The molecule has 5 nitrogen and oxygen atoms in total. The van der Waals surface area contributed by atoms with E-state index in [1.165, 1.54) is 0 Å². The number of sulfonamides is 1. The molecule has 0 atom stereocenters. The second-order valence-electron chi connectivity index (χ2n) is 5.82. The summed E-state index contributed by atoms with van der Waals surface area (Å²) in [6.07, 6.45) is -0.274. The van der Waals surface area contributed by atoms with E-state index < -0.39 is 16.0 Å². The molecule has 0 aliphatic carbocycles. The molecule has 22 heavy (non-hydrogen) atoms. The van der Waals surface area contributed by atoms with Gasteiger partial charge in [0.2, 0.25) is 10.0 Å². The summed E-state index contributed by atoms with van der Waals surface area (Å²) in [6.45, 7) is 12.4. The molecule has 124 valence electrons. The van der Waals surface area contributed by atoms with Crippen LogP contribution in [-0.4, -0.2) is 27.0 Å². The van der Waals surface area contributed by atoms with E-state index >= 15 is 0 Å². The summed E-state index contributed by atoms with van der Waals surface area (Å²) in [5, 5.41) is 0. The molecule has 0 aromatic heterocycles. The minimum Gasteiger partial charge on any atom is -0.462 e. The molecular formula is C16H25NO4S. The molecule has 0 spiro atoms. The van der Waals surface area contributed by atoms with Gasteiger partial charge in [-0.05, 0) is 76.3 Å². The molecular weight excluding hydrogens is 302 g/mol. The lowest BCUT2D eigenvalue weighted by Gasteiger charge is -2.19. The first kappa shape index (κ1) is 18.6. The van der Waals surface area contributed by atoms with Crippen LogP contribution in [0.25, 0.3) is 0 Å². The van der Waals surface area contributed by atoms with Crippen molar-refractivity contribution < 1.29 is 17.9 Å². The van der Waals surface area contributed by atoms with Gasteiger partial charge in [0.15, 0.2) is 0 Å². The van der Waals surface area contributed by atoms with Crippen LogP contribution in [0.1, 0.15) is 41.7 Å². The maximum atomic E-state index is 12.6. The number of ether oxygens (including phenoxy) is 1. The summed E-state index contributed by atoms with van der Waals surface area (Å²) in [5.74, 6) is -0.588. The van der Waals surface area contributed by atoms with Gasteiger partial charge in [-0.15, -0.1) is 0 Å². The predicted molar refractivity (Wildman–Crippen MR) is 86.5 cm³/mol. The SMILES string of the molecule is Cc1c(C)c(C)c(S(=O)(=O)NCC(=O)OC(C)C)c(C)c1C. The van der Waals surface area contributed by atoms with Crippen LogP contribution in [0.15, 0.2) is 4.90 Å². The highest BCUT2D eigenvalue weighted by atomic mass is 32.2. The average molecular weight is 327 g/mol. The maximum Gasteiger partial charge on any atom is 0.321 e. The van der Waals surface area contributed by atoms with Crippen molar-refractivity contribution in [1.82, 2.24) is 4.72 Å². The van der Waals surface area contributed by atoms with Crippen molar-refractivity contribution in [3.8, 4) is 0 Å². The monoisotopic (exact) mass is 327 g/mol. The Balaban J connectivity index is 3.17. The Bertz CT molecular complexity index is 662. The van der Waals surface area contributed by atoms with Crippen molar-refractivity contribution >= 4 is 16.0 Å². The number of rotatable bonds is 5. The molecule has 1 rings (SSSR count). The second-order valence-corrected chi connectivity index (χ2v) is 7.52. The van der Waals surface area contributed by atoms with Gasteiger partial charge in [-0.25, -0.2) is 8.42 Å². The van der Waals surface area contributed by atoms with Gasteiger partial charge in [0, 0.05) is 0 Å². The molecule has 1 aromatic rings. The van der Waals surface area contributed by atoms with E-state index in [-0.39, 0.29) is 17.5 Å². The normalized spacial score (nSPS) is 11.8. The van der Waals surface area contributed by atoms with E-state index in [1.807, 2.05) is 20.8 Å². The van der Waals surface area contributed by atoms with Crippen LogP contribution < -0.4 is 4.72 Å². The molecule has 0 saturated heterocycles. The number of hydrogen-bond acceptors (Lipinski definition) is 4. The van der Waals surface area contributed by atoms with Gasteiger partial charge in [-0.2, -0.15) is 4.72 Å². The van der Waals surface area contributed by atoms with Crippen LogP contribution in [0.3, 0.4) is 0 Å².